The zero-order valence-electron chi connectivity index (χ0n) is 7.82. The number of halogens is 1. The zero-order chi connectivity index (χ0) is 8.74. The van der Waals surface area contributed by atoms with Crippen LogP contribution in [-0.2, 0) is 4.74 Å². The summed E-state index contributed by atoms with van der Waals surface area (Å²) in [5, 5.41) is 0. The first-order valence-electron chi connectivity index (χ1n) is 4.20. The highest BCUT2D eigenvalue weighted by molar-refractivity contribution is 6.76. The average molecular weight is 195 g/mol. The summed E-state index contributed by atoms with van der Waals surface area (Å²) in [6.45, 7) is 8.02. The van der Waals surface area contributed by atoms with Gasteiger partial charge < -0.3 is 4.74 Å². The largest absolute Gasteiger partial charge is 0.366 e. The van der Waals surface area contributed by atoms with Crippen LogP contribution < -0.4 is 0 Å². The fourth-order valence-electron chi connectivity index (χ4n) is 0.914. The smallest absolute Gasteiger partial charge is 0.120 e. The predicted molar refractivity (Wildman–Crippen MR) is 54.1 cm³/mol. The molecule has 11 heavy (non-hydrogen) atoms. The van der Waals surface area contributed by atoms with Crippen LogP contribution in [-0.4, -0.2) is 20.7 Å². The van der Waals surface area contributed by atoms with Gasteiger partial charge in [0.2, 0.25) is 0 Å². The van der Waals surface area contributed by atoms with E-state index in [1.165, 1.54) is 12.5 Å². The van der Waals surface area contributed by atoms with Gasteiger partial charge in [-0.05, 0) is 6.42 Å². The maximum absolute atomic E-state index is 5.36. The molecule has 0 aliphatic carbocycles. The Bertz CT molecular complexity index is 90.6. The molecule has 0 spiro atoms. The lowest BCUT2D eigenvalue weighted by Crippen LogP contribution is -2.18. The van der Waals surface area contributed by atoms with E-state index in [1.54, 1.807) is 0 Å². The van der Waals surface area contributed by atoms with Crippen molar-refractivity contribution in [1.82, 2.24) is 0 Å². The molecule has 0 rings (SSSR count). The van der Waals surface area contributed by atoms with Crippen LogP contribution >= 0.6 is 11.6 Å². The lowest BCUT2D eigenvalue weighted by atomic mass is 10.4. The van der Waals surface area contributed by atoms with Gasteiger partial charge in [-0.15, -0.1) is 0 Å². The third-order valence-corrected chi connectivity index (χ3v) is 3.55. The van der Waals surface area contributed by atoms with E-state index in [4.69, 9.17) is 16.3 Å². The highest BCUT2D eigenvalue weighted by Gasteiger charge is 2.11. The van der Waals surface area contributed by atoms with Gasteiger partial charge in [-0.25, -0.2) is 0 Å². The minimum atomic E-state index is -0.806. The molecule has 0 amide bonds. The Kier molecular flexibility index (Phi) is 6.29. The second-order valence-electron chi connectivity index (χ2n) is 4.04. The van der Waals surface area contributed by atoms with Gasteiger partial charge in [0.05, 0.1) is 0 Å². The molecule has 0 aromatic rings. The SMILES string of the molecule is C[Si](C)(C)CCCCOCCl. The Morgan fingerprint density at radius 1 is 1.18 bits per heavy atom. The third kappa shape index (κ3) is 10.5. The van der Waals surface area contributed by atoms with E-state index in [0.29, 0.717) is 6.07 Å². The second kappa shape index (κ2) is 6.04. The van der Waals surface area contributed by atoms with Crippen molar-refractivity contribution in [3.8, 4) is 0 Å². The fourth-order valence-corrected chi connectivity index (χ4v) is 2.33. The monoisotopic (exact) mass is 194 g/mol. The van der Waals surface area contributed by atoms with E-state index >= 15 is 0 Å². The molecule has 0 aliphatic heterocycles. The molecule has 0 aliphatic rings. The summed E-state index contributed by atoms with van der Waals surface area (Å²) in [6, 6.07) is 1.74. The van der Waals surface area contributed by atoms with Crippen LogP contribution in [0.1, 0.15) is 12.8 Å². The predicted octanol–water partition coefficient (Wildman–Crippen LogP) is 3.32. The van der Waals surface area contributed by atoms with E-state index in [-0.39, 0.29) is 0 Å². The molecule has 1 nitrogen and oxygen atoms in total. The third-order valence-electron chi connectivity index (χ3n) is 1.54. The number of ether oxygens (including phenoxy) is 1. The van der Waals surface area contributed by atoms with E-state index in [2.05, 4.69) is 19.6 Å². The topological polar surface area (TPSA) is 9.23 Å². The summed E-state index contributed by atoms with van der Waals surface area (Å²) in [6.07, 6.45) is 2.46. The Balaban J connectivity index is 3.02. The van der Waals surface area contributed by atoms with Crippen molar-refractivity contribution in [1.29, 1.82) is 0 Å². The summed E-state index contributed by atoms with van der Waals surface area (Å²) in [4.78, 5) is 0. The molecule has 0 fully saturated rings. The number of rotatable bonds is 6. The van der Waals surface area contributed by atoms with E-state index < -0.39 is 8.07 Å². The lowest BCUT2D eigenvalue weighted by molar-refractivity contribution is 0.175. The molecule has 0 heterocycles. The van der Waals surface area contributed by atoms with Gasteiger partial charge in [0.25, 0.3) is 0 Å². The van der Waals surface area contributed by atoms with Crippen LogP contribution in [0.25, 0.3) is 0 Å². The Labute approximate surface area is 76.1 Å². The van der Waals surface area contributed by atoms with E-state index in [9.17, 15) is 0 Å². The van der Waals surface area contributed by atoms with Gasteiger partial charge in [0, 0.05) is 14.7 Å². The maximum atomic E-state index is 5.36. The van der Waals surface area contributed by atoms with Gasteiger partial charge >= 0.3 is 0 Å². The van der Waals surface area contributed by atoms with Gasteiger partial charge in [-0.3, -0.25) is 0 Å². The van der Waals surface area contributed by atoms with Crippen LogP contribution in [0, 0.1) is 0 Å². The molecule has 0 bridgehead atoms. The highest BCUT2D eigenvalue weighted by atomic mass is 35.5. The number of alkyl halides is 1. The number of unbranched alkanes of at least 4 members (excludes halogenated alkanes) is 1. The summed E-state index contributed by atoms with van der Waals surface area (Å²) >= 11 is 5.36. The molecule has 0 aromatic carbocycles. The molecule has 0 saturated heterocycles. The Hall–Kier alpha value is 0.467. The van der Waals surface area contributed by atoms with Crippen molar-refractivity contribution in [3.05, 3.63) is 0 Å². The normalized spacial score (nSPS) is 12.0. The van der Waals surface area contributed by atoms with Crippen molar-refractivity contribution < 1.29 is 4.74 Å². The Morgan fingerprint density at radius 3 is 2.27 bits per heavy atom. The van der Waals surface area contributed by atoms with Gasteiger partial charge in [-0.2, -0.15) is 0 Å². The van der Waals surface area contributed by atoms with Crippen LogP contribution in [0.4, 0.5) is 0 Å². The number of hydrogen-bond donors (Lipinski definition) is 0. The van der Waals surface area contributed by atoms with E-state index in [0.717, 1.165) is 13.0 Å². The summed E-state index contributed by atoms with van der Waals surface area (Å²) in [7, 11) is -0.806. The molecule has 3 heteroatoms. The second-order valence-corrected chi connectivity index (χ2v) is 9.87. The molecule has 68 valence electrons. The quantitative estimate of drug-likeness (QED) is 0.358. The minimum Gasteiger partial charge on any atom is -0.366 e. The van der Waals surface area contributed by atoms with Gasteiger partial charge in [0.15, 0.2) is 0 Å². The summed E-state index contributed by atoms with van der Waals surface area (Å²) in [5.41, 5.74) is 0. The fraction of sp³-hybridized carbons (Fsp3) is 1.00. The standard InChI is InChI=1S/C8H19ClOSi/c1-11(2,3)7-5-4-6-10-8-9/h4-8H2,1-3H3. The summed E-state index contributed by atoms with van der Waals surface area (Å²) < 4.78 is 5.03. The van der Waals surface area contributed by atoms with Crippen LogP contribution in [0.5, 0.6) is 0 Å². The molecular formula is C8H19ClOSi. The van der Waals surface area contributed by atoms with Crippen molar-refractivity contribution in [2.75, 3.05) is 12.7 Å². The number of hydrogen-bond acceptors (Lipinski definition) is 1. The Morgan fingerprint density at radius 2 is 1.82 bits per heavy atom. The van der Waals surface area contributed by atoms with Crippen LogP contribution in [0.15, 0.2) is 0 Å². The van der Waals surface area contributed by atoms with Crippen molar-refractivity contribution >= 4 is 19.7 Å². The summed E-state index contributed by atoms with van der Waals surface area (Å²) in [5.74, 6) is 0. The zero-order valence-corrected chi connectivity index (χ0v) is 9.58. The first-order chi connectivity index (χ1) is 5.06. The molecule has 0 unspecified atom stereocenters. The molecule has 0 aromatic heterocycles. The molecular weight excluding hydrogens is 176 g/mol. The van der Waals surface area contributed by atoms with Crippen molar-refractivity contribution in [2.24, 2.45) is 0 Å². The average Bonchev–Trinajstić information content (AvgIpc) is 1.85. The van der Waals surface area contributed by atoms with Crippen LogP contribution in [0.3, 0.4) is 0 Å². The highest BCUT2D eigenvalue weighted by Crippen LogP contribution is 2.12. The first-order valence-corrected chi connectivity index (χ1v) is 8.44. The maximum Gasteiger partial charge on any atom is 0.120 e. The minimum absolute atomic E-state index is 0.340. The molecule has 0 radical (unpaired) electrons. The van der Waals surface area contributed by atoms with Crippen molar-refractivity contribution in [3.63, 3.8) is 0 Å². The van der Waals surface area contributed by atoms with Crippen LogP contribution in [0.2, 0.25) is 25.7 Å². The molecule has 0 N–H and O–H groups in total. The molecule has 0 saturated carbocycles. The van der Waals surface area contributed by atoms with Gasteiger partial charge in [0.1, 0.15) is 6.07 Å². The first kappa shape index (κ1) is 11.5. The lowest BCUT2D eigenvalue weighted by Gasteiger charge is -2.14. The van der Waals surface area contributed by atoms with Gasteiger partial charge in [-0.1, -0.05) is 43.7 Å². The van der Waals surface area contributed by atoms with Crippen molar-refractivity contribution in [2.45, 2.75) is 38.5 Å². The van der Waals surface area contributed by atoms with E-state index in [1.807, 2.05) is 0 Å². The molecule has 0 atom stereocenters.